The Labute approximate surface area is 266 Å². The molecule has 3 heterocycles. The molecule has 0 bridgehead atoms. The summed E-state index contributed by atoms with van der Waals surface area (Å²) in [5.74, 6) is 0.921. The van der Waals surface area contributed by atoms with E-state index in [2.05, 4.69) is 22.4 Å². The summed E-state index contributed by atoms with van der Waals surface area (Å²) in [6.45, 7) is 9.43. The number of carbonyl (C=O) groups excluding carboxylic acids is 1. The van der Waals surface area contributed by atoms with Gasteiger partial charge in [0.05, 0.1) is 17.4 Å². The van der Waals surface area contributed by atoms with Crippen molar-refractivity contribution in [2.45, 2.75) is 71.9 Å². The molecular weight excluding hydrogens is 582 g/mol. The van der Waals surface area contributed by atoms with Gasteiger partial charge >= 0.3 is 5.76 Å². The Morgan fingerprint density at radius 3 is 2.48 bits per heavy atom. The van der Waals surface area contributed by atoms with Gasteiger partial charge in [0, 0.05) is 36.5 Å². The number of fused-ring (bicyclic) bond motifs is 1. The molecule has 6 rings (SSSR count). The number of aryl methyl sites for hydroxylation is 2. The first-order chi connectivity index (χ1) is 22.0. The Hall–Kier alpha value is -5.25. The van der Waals surface area contributed by atoms with Crippen LogP contribution in [-0.4, -0.2) is 31.2 Å². The number of hydrogen-bond donors (Lipinski definition) is 2. The zero-order valence-electron chi connectivity index (χ0n) is 26.6. The molecule has 10 nitrogen and oxygen atoms in total. The molecule has 236 valence electrons. The molecule has 46 heavy (non-hydrogen) atoms. The number of ether oxygens (including phenoxy) is 1. The van der Waals surface area contributed by atoms with E-state index in [0.717, 1.165) is 39.9 Å². The zero-order chi connectivity index (χ0) is 32.6. The molecule has 0 saturated heterocycles. The maximum Gasteiger partial charge on any atom is 0.439 e. The number of nitrogens with one attached hydrogen (secondary N) is 2. The molecule has 0 spiro atoms. The van der Waals surface area contributed by atoms with Crippen LogP contribution in [0.4, 0.5) is 0 Å². The molecule has 1 amide bonds. The first-order valence-electron chi connectivity index (χ1n) is 15.5. The molecule has 0 aliphatic carbocycles. The Kier molecular flexibility index (Phi) is 8.20. The van der Waals surface area contributed by atoms with E-state index in [1.807, 2.05) is 87.5 Å². The number of rotatable bonds is 8. The summed E-state index contributed by atoms with van der Waals surface area (Å²) in [5.41, 5.74) is 5.93. The van der Waals surface area contributed by atoms with E-state index in [-0.39, 0.29) is 17.5 Å². The molecule has 2 aromatic heterocycles. The first kappa shape index (κ1) is 30.8. The highest BCUT2D eigenvalue weighted by molar-refractivity contribution is 5.80. The second-order valence-corrected chi connectivity index (χ2v) is 12.4. The Balaban J connectivity index is 1.37. The third kappa shape index (κ3) is 6.15. The average Bonchev–Trinajstić information content (AvgIpc) is 3.45. The second-order valence-electron chi connectivity index (χ2n) is 12.4. The van der Waals surface area contributed by atoms with Crippen molar-refractivity contribution in [1.29, 1.82) is 0 Å². The van der Waals surface area contributed by atoms with E-state index in [9.17, 15) is 14.4 Å². The van der Waals surface area contributed by atoms with Gasteiger partial charge in [-0.15, -0.1) is 0 Å². The van der Waals surface area contributed by atoms with Crippen LogP contribution in [0.25, 0.3) is 28.2 Å². The van der Waals surface area contributed by atoms with Gasteiger partial charge in [-0.3, -0.25) is 23.7 Å². The van der Waals surface area contributed by atoms with Crippen molar-refractivity contribution in [3.05, 3.63) is 116 Å². The summed E-state index contributed by atoms with van der Waals surface area (Å²) in [6.07, 6.45) is 2.56. The maximum atomic E-state index is 14.3. The van der Waals surface area contributed by atoms with Crippen LogP contribution in [0.15, 0.2) is 80.8 Å². The number of aromatic amines is 1. The highest BCUT2D eigenvalue weighted by Gasteiger charge is 2.34. The van der Waals surface area contributed by atoms with E-state index < -0.39 is 11.4 Å². The lowest BCUT2D eigenvalue weighted by Crippen LogP contribution is -2.40. The molecule has 5 aromatic rings. The average molecular weight is 620 g/mol. The molecule has 3 aromatic carbocycles. The van der Waals surface area contributed by atoms with Gasteiger partial charge in [0.15, 0.2) is 5.82 Å². The molecule has 0 fully saturated rings. The van der Waals surface area contributed by atoms with E-state index in [0.29, 0.717) is 47.9 Å². The van der Waals surface area contributed by atoms with Crippen molar-refractivity contribution >= 4 is 5.91 Å². The van der Waals surface area contributed by atoms with Gasteiger partial charge in [-0.05, 0) is 62.1 Å². The Morgan fingerprint density at radius 1 is 1.07 bits per heavy atom. The number of carbonyl (C=O) groups is 1. The Bertz CT molecular complexity index is 2040. The van der Waals surface area contributed by atoms with Crippen molar-refractivity contribution in [2.24, 2.45) is 0 Å². The van der Waals surface area contributed by atoms with Gasteiger partial charge in [-0.25, -0.2) is 9.78 Å². The van der Waals surface area contributed by atoms with Crippen LogP contribution in [0.1, 0.15) is 74.8 Å². The second kappa shape index (κ2) is 12.3. The third-order valence-corrected chi connectivity index (χ3v) is 8.27. The lowest BCUT2D eigenvalue weighted by molar-refractivity contribution is -0.120. The van der Waals surface area contributed by atoms with Crippen LogP contribution in [-0.2, 0) is 17.6 Å². The minimum absolute atomic E-state index is 0.117. The van der Waals surface area contributed by atoms with Gasteiger partial charge in [0.25, 0.3) is 5.56 Å². The number of amides is 1. The van der Waals surface area contributed by atoms with Gasteiger partial charge in [-0.2, -0.15) is 0 Å². The standard InChI is InChI=1S/C36H37N5O5/c1-6-9-30-29(18-23-12-14-24(15-13-23)26-10-7-8-11-27(26)33-39-35(44)46-40-33)34(43)41(21(2)37-30)25-16-17-32-28(19-25)31(38-22(3)42)20-36(4,5)45-32/h7-8,10-17,19,31H,6,9,18,20H2,1-5H3,(H,38,42)(H,39,40,44). The van der Waals surface area contributed by atoms with E-state index in [1.54, 1.807) is 4.57 Å². The largest absolute Gasteiger partial charge is 0.487 e. The highest BCUT2D eigenvalue weighted by atomic mass is 16.5. The molecule has 1 unspecified atom stereocenters. The van der Waals surface area contributed by atoms with Crippen molar-refractivity contribution in [3.63, 3.8) is 0 Å². The quantitative estimate of drug-likeness (QED) is 0.223. The maximum absolute atomic E-state index is 14.3. The normalized spacial score (nSPS) is 15.2. The summed E-state index contributed by atoms with van der Waals surface area (Å²) in [4.78, 5) is 45.5. The fraction of sp³-hybridized carbons (Fsp3) is 0.306. The Morgan fingerprint density at radius 2 is 1.80 bits per heavy atom. The number of benzene rings is 3. The monoisotopic (exact) mass is 619 g/mol. The molecule has 2 N–H and O–H groups in total. The first-order valence-corrected chi connectivity index (χ1v) is 15.5. The van der Waals surface area contributed by atoms with Gasteiger partial charge in [0.2, 0.25) is 5.91 Å². The fourth-order valence-electron chi connectivity index (χ4n) is 6.29. The molecule has 1 atom stereocenters. The summed E-state index contributed by atoms with van der Waals surface area (Å²) in [6, 6.07) is 21.1. The van der Waals surface area contributed by atoms with E-state index in [4.69, 9.17) is 14.2 Å². The highest BCUT2D eigenvalue weighted by Crippen LogP contribution is 2.40. The van der Waals surface area contributed by atoms with Crippen molar-refractivity contribution < 1.29 is 14.1 Å². The SMILES string of the molecule is CCCc1nc(C)n(-c2ccc3c(c2)C(NC(C)=O)CC(C)(C)O3)c(=O)c1Cc1ccc(-c2ccccc2-c2noc(=O)[nH]2)cc1. The molecule has 10 heteroatoms. The van der Waals surface area contributed by atoms with Crippen LogP contribution in [0.2, 0.25) is 0 Å². The predicted molar refractivity (Wildman–Crippen MR) is 175 cm³/mol. The van der Waals surface area contributed by atoms with E-state index in [1.165, 1.54) is 6.92 Å². The zero-order valence-corrected chi connectivity index (χ0v) is 26.6. The van der Waals surface area contributed by atoms with Crippen LogP contribution in [0, 0.1) is 6.92 Å². The summed E-state index contributed by atoms with van der Waals surface area (Å²) in [7, 11) is 0. The number of nitrogens with zero attached hydrogens (tertiary/aromatic N) is 3. The molecule has 1 aliphatic heterocycles. The van der Waals surface area contributed by atoms with Gasteiger partial charge in [-0.1, -0.05) is 67.0 Å². The molecule has 0 saturated carbocycles. The number of hydrogen-bond acceptors (Lipinski definition) is 7. The summed E-state index contributed by atoms with van der Waals surface area (Å²) >= 11 is 0. The minimum Gasteiger partial charge on any atom is -0.487 e. The number of H-pyrrole nitrogens is 1. The minimum atomic E-state index is -0.611. The lowest BCUT2D eigenvalue weighted by Gasteiger charge is -2.38. The number of aromatic nitrogens is 4. The van der Waals surface area contributed by atoms with Crippen molar-refractivity contribution in [2.75, 3.05) is 0 Å². The third-order valence-electron chi connectivity index (χ3n) is 8.27. The molecule has 1 aliphatic rings. The molecular formula is C36H37N5O5. The van der Waals surface area contributed by atoms with Crippen molar-refractivity contribution in [1.82, 2.24) is 25.0 Å². The fourth-order valence-corrected chi connectivity index (χ4v) is 6.29. The van der Waals surface area contributed by atoms with Crippen molar-refractivity contribution in [3.8, 4) is 34.0 Å². The van der Waals surface area contributed by atoms with Crippen LogP contribution in [0.5, 0.6) is 5.75 Å². The summed E-state index contributed by atoms with van der Waals surface area (Å²) in [5, 5.41) is 6.91. The van der Waals surface area contributed by atoms with E-state index >= 15 is 0 Å². The topological polar surface area (TPSA) is 132 Å². The van der Waals surface area contributed by atoms with Gasteiger partial charge in [0.1, 0.15) is 17.2 Å². The smallest absolute Gasteiger partial charge is 0.439 e. The predicted octanol–water partition coefficient (Wildman–Crippen LogP) is 5.83. The van der Waals surface area contributed by atoms with Crippen LogP contribution < -0.4 is 21.4 Å². The summed E-state index contributed by atoms with van der Waals surface area (Å²) < 4.78 is 12.6. The van der Waals surface area contributed by atoms with Crippen LogP contribution >= 0.6 is 0 Å². The lowest BCUT2D eigenvalue weighted by atomic mass is 9.89. The molecule has 0 radical (unpaired) electrons. The van der Waals surface area contributed by atoms with Crippen LogP contribution in [0.3, 0.4) is 0 Å². The van der Waals surface area contributed by atoms with Gasteiger partial charge < -0.3 is 10.1 Å².